The Bertz CT molecular complexity index is 990. The number of aromatic nitrogens is 2. The van der Waals surface area contributed by atoms with Crippen LogP contribution in [-0.4, -0.2) is 22.1 Å². The normalized spacial score (nSPS) is 10.6. The summed E-state index contributed by atoms with van der Waals surface area (Å²) in [6, 6.07) is 16.6. The second-order valence-electron chi connectivity index (χ2n) is 5.89. The van der Waals surface area contributed by atoms with E-state index < -0.39 is 0 Å². The van der Waals surface area contributed by atoms with Gasteiger partial charge in [0.05, 0.1) is 17.7 Å². The average Bonchev–Trinajstić information content (AvgIpc) is 2.63. The van der Waals surface area contributed by atoms with Crippen molar-refractivity contribution in [1.82, 2.24) is 9.55 Å². The zero-order valence-corrected chi connectivity index (χ0v) is 15.0. The van der Waals surface area contributed by atoms with E-state index in [-0.39, 0.29) is 11.5 Å². The minimum Gasteiger partial charge on any atom is -0.462 e. The number of hydrogen-bond acceptors (Lipinski definition) is 4. The van der Waals surface area contributed by atoms with Gasteiger partial charge in [0.1, 0.15) is 5.82 Å². The number of carbonyl (C=O) groups is 1. The van der Waals surface area contributed by atoms with Crippen LogP contribution in [0.2, 0.25) is 0 Å². The van der Waals surface area contributed by atoms with Crippen molar-refractivity contribution in [3.63, 3.8) is 0 Å². The molecule has 0 aliphatic carbocycles. The molecule has 0 atom stereocenters. The summed E-state index contributed by atoms with van der Waals surface area (Å²) in [6.07, 6.45) is 0. The number of esters is 1. The maximum absolute atomic E-state index is 12.5. The van der Waals surface area contributed by atoms with E-state index >= 15 is 0 Å². The van der Waals surface area contributed by atoms with Crippen LogP contribution in [-0.2, 0) is 4.74 Å². The highest BCUT2D eigenvalue weighted by Crippen LogP contribution is 2.23. The minimum absolute atomic E-state index is 0.245. The van der Waals surface area contributed by atoms with E-state index in [4.69, 9.17) is 4.74 Å². The Morgan fingerprint density at radius 3 is 2.31 bits per heavy atom. The zero-order chi connectivity index (χ0) is 18.7. The van der Waals surface area contributed by atoms with E-state index in [1.807, 2.05) is 54.0 Å². The van der Waals surface area contributed by atoms with Crippen molar-refractivity contribution in [3.8, 4) is 16.8 Å². The molecule has 0 unspecified atom stereocenters. The molecular formula is C21H20N2O3. The van der Waals surface area contributed by atoms with Crippen LogP contribution in [0.3, 0.4) is 0 Å². The summed E-state index contributed by atoms with van der Waals surface area (Å²) < 4.78 is 6.93. The van der Waals surface area contributed by atoms with Gasteiger partial charge in [0.2, 0.25) is 0 Å². The number of rotatable bonds is 4. The number of benzene rings is 2. The minimum atomic E-state index is -0.351. The molecule has 0 N–H and O–H groups in total. The lowest BCUT2D eigenvalue weighted by Crippen LogP contribution is -2.20. The Hall–Kier alpha value is -3.21. The van der Waals surface area contributed by atoms with Crippen LogP contribution in [0.25, 0.3) is 16.8 Å². The molecule has 26 heavy (non-hydrogen) atoms. The Kier molecular flexibility index (Phi) is 4.98. The number of carbonyl (C=O) groups excluding carboxylic acids is 1. The molecule has 0 saturated carbocycles. The standard InChI is InChI=1S/C21H20N2O3/c1-4-26-21(25)17-10-12-18(13-11-17)23-14(2)19(20(24)22-15(23)3)16-8-6-5-7-9-16/h5-13H,4H2,1-3H3. The van der Waals surface area contributed by atoms with Crippen LogP contribution in [0.4, 0.5) is 0 Å². The first-order valence-electron chi connectivity index (χ1n) is 8.46. The quantitative estimate of drug-likeness (QED) is 0.675. The predicted molar refractivity (Wildman–Crippen MR) is 101 cm³/mol. The zero-order valence-electron chi connectivity index (χ0n) is 15.0. The van der Waals surface area contributed by atoms with E-state index in [0.717, 1.165) is 16.9 Å². The first-order valence-corrected chi connectivity index (χ1v) is 8.46. The van der Waals surface area contributed by atoms with Crippen molar-refractivity contribution in [2.75, 3.05) is 6.61 Å². The highest BCUT2D eigenvalue weighted by Gasteiger charge is 2.15. The molecule has 0 saturated heterocycles. The van der Waals surface area contributed by atoms with Crippen molar-refractivity contribution in [1.29, 1.82) is 0 Å². The lowest BCUT2D eigenvalue weighted by atomic mass is 10.1. The van der Waals surface area contributed by atoms with Crippen LogP contribution >= 0.6 is 0 Å². The first kappa shape index (κ1) is 17.6. The highest BCUT2D eigenvalue weighted by atomic mass is 16.5. The van der Waals surface area contributed by atoms with Gasteiger partial charge < -0.3 is 9.30 Å². The molecule has 5 heteroatoms. The van der Waals surface area contributed by atoms with Crippen LogP contribution in [0.1, 0.15) is 28.8 Å². The van der Waals surface area contributed by atoms with Gasteiger partial charge in [0.25, 0.3) is 5.56 Å². The van der Waals surface area contributed by atoms with Gasteiger partial charge in [0.15, 0.2) is 0 Å². The van der Waals surface area contributed by atoms with Gasteiger partial charge in [-0.25, -0.2) is 4.79 Å². The summed E-state index contributed by atoms with van der Waals surface area (Å²) in [4.78, 5) is 28.5. The molecular weight excluding hydrogens is 328 g/mol. The molecule has 0 aliphatic heterocycles. The molecule has 132 valence electrons. The second kappa shape index (κ2) is 7.35. The van der Waals surface area contributed by atoms with Crippen molar-refractivity contribution in [2.24, 2.45) is 0 Å². The molecule has 0 fully saturated rings. The van der Waals surface area contributed by atoms with Gasteiger partial charge in [-0.05, 0) is 50.6 Å². The smallest absolute Gasteiger partial charge is 0.338 e. The maximum atomic E-state index is 12.5. The third-order valence-corrected chi connectivity index (χ3v) is 4.20. The van der Waals surface area contributed by atoms with E-state index in [9.17, 15) is 9.59 Å². The van der Waals surface area contributed by atoms with Crippen molar-refractivity contribution in [2.45, 2.75) is 20.8 Å². The molecule has 0 spiro atoms. The van der Waals surface area contributed by atoms with Gasteiger partial charge in [-0.3, -0.25) is 4.79 Å². The molecule has 3 aromatic rings. The monoisotopic (exact) mass is 348 g/mol. The molecule has 1 aromatic heterocycles. The van der Waals surface area contributed by atoms with E-state index in [1.165, 1.54) is 0 Å². The van der Waals surface area contributed by atoms with E-state index in [0.29, 0.717) is 23.6 Å². The third kappa shape index (κ3) is 3.28. The number of ether oxygens (including phenoxy) is 1. The van der Waals surface area contributed by atoms with Crippen molar-refractivity contribution in [3.05, 3.63) is 82.0 Å². The third-order valence-electron chi connectivity index (χ3n) is 4.20. The molecule has 0 amide bonds. The molecule has 3 rings (SSSR count). The first-order chi connectivity index (χ1) is 12.5. The molecule has 2 aromatic carbocycles. The molecule has 0 radical (unpaired) electrons. The van der Waals surface area contributed by atoms with Crippen LogP contribution in [0.5, 0.6) is 0 Å². The van der Waals surface area contributed by atoms with Crippen LogP contribution < -0.4 is 5.56 Å². The van der Waals surface area contributed by atoms with Gasteiger partial charge in [-0.1, -0.05) is 30.3 Å². The molecule has 0 aliphatic rings. The van der Waals surface area contributed by atoms with Gasteiger partial charge >= 0.3 is 5.97 Å². The van der Waals surface area contributed by atoms with Crippen LogP contribution in [0.15, 0.2) is 59.4 Å². The van der Waals surface area contributed by atoms with E-state index in [1.54, 1.807) is 26.0 Å². The fraction of sp³-hybridized carbons (Fsp3) is 0.190. The molecule has 5 nitrogen and oxygen atoms in total. The summed E-state index contributed by atoms with van der Waals surface area (Å²) >= 11 is 0. The maximum Gasteiger partial charge on any atom is 0.338 e. The average molecular weight is 348 g/mol. The number of nitrogens with zero attached hydrogens (tertiary/aromatic N) is 2. The predicted octanol–water partition coefficient (Wildman–Crippen LogP) is 3.69. The summed E-state index contributed by atoms with van der Waals surface area (Å²) in [5, 5.41) is 0. The summed E-state index contributed by atoms with van der Waals surface area (Å²) in [6.45, 7) is 5.80. The SMILES string of the molecule is CCOC(=O)c1ccc(-n2c(C)nc(=O)c(-c3ccccc3)c2C)cc1. The fourth-order valence-corrected chi connectivity index (χ4v) is 3.04. The number of hydrogen-bond donors (Lipinski definition) is 0. The van der Waals surface area contributed by atoms with E-state index in [2.05, 4.69) is 4.98 Å². The topological polar surface area (TPSA) is 61.2 Å². The second-order valence-corrected chi connectivity index (χ2v) is 5.89. The van der Waals surface area contributed by atoms with Crippen molar-refractivity contribution < 1.29 is 9.53 Å². The van der Waals surface area contributed by atoms with Gasteiger partial charge in [-0.2, -0.15) is 4.98 Å². The summed E-state index contributed by atoms with van der Waals surface area (Å²) in [5.74, 6) is 0.242. The fourth-order valence-electron chi connectivity index (χ4n) is 3.04. The largest absolute Gasteiger partial charge is 0.462 e. The highest BCUT2D eigenvalue weighted by molar-refractivity contribution is 5.89. The van der Waals surface area contributed by atoms with Crippen LogP contribution in [0, 0.1) is 13.8 Å². The lowest BCUT2D eigenvalue weighted by molar-refractivity contribution is 0.0526. The summed E-state index contributed by atoms with van der Waals surface area (Å²) in [7, 11) is 0. The summed E-state index contributed by atoms with van der Waals surface area (Å²) in [5.41, 5.74) is 3.29. The van der Waals surface area contributed by atoms with Gasteiger partial charge in [-0.15, -0.1) is 0 Å². The number of aryl methyl sites for hydroxylation is 1. The Balaban J connectivity index is 2.11. The lowest BCUT2D eigenvalue weighted by Gasteiger charge is -2.17. The Labute approximate surface area is 151 Å². The molecule has 0 bridgehead atoms. The van der Waals surface area contributed by atoms with Gasteiger partial charge in [0, 0.05) is 11.4 Å². The molecule has 1 heterocycles. The van der Waals surface area contributed by atoms with Crippen molar-refractivity contribution >= 4 is 5.97 Å². The Morgan fingerprint density at radius 2 is 1.69 bits per heavy atom. The Morgan fingerprint density at radius 1 is 1.04 bits per heavy atom.